The van der Waals surface area contributed by atoms with Gasteiger partial charge in [-0.15, -0.1) is 0 Å². The van der Waals surface area contributed by atoms with Crippen LogP contribution in [0, 0.1) is 13.8 Å². The molecule has 0 spiro atoms. The van der Waals surface area contributed by atoms with Crippen molar-refractivity contribution in [2.24, 2.45) is 0 Å². The highest BCUT2D eigenvalue weighted by Crippen LogP contribution is 2.58. The molecule has 3 nitrogen and oxygen atoms in total. The molecule has 242 valence electrons. The molecule has 9 rings (SSSR count). The SMILES string of the molecule is Cc1cncc(C)c1-c1cccc(C2(c3ccccc3)c3ccccc3-c3c(-c4nc(-c5ccccc5)cc(-c5ccccc5)n4)cccc32)c1. The molecule has 0 saturated carbocycles. The van der Waals surface area contributed by atoms with Crippen LogP contribution in [0.2, 0.25) is 0 Å². The van der Waals surface area contributed by atoms with Crippen LogP contribution in [0.25, 0.3) is 56.2 Å². The van der Waals surface area contributed by atoms with Crippen LogP contribution < -0.4 is 0 Å². The van der Waals surface area contributed by atoms with Crippen molar-refractivity contribution in [3.05, 3.63) is 210 Å². The number of fused-ring (bicyclic) bond motifs is 3. The molecule has 1 aliphatic rings. The van der Waals surface area contributed by atoms with E-state index in [1.54, 1.807) is 0 Å². The monoisotopic (exact) mass is 653 g/mol. The topological polar surface area (TPSA) is 38.7 Å². The molecule has 0 saturated heterocycles. The lowest BCUT2D eigenvalue weighted by Crippen LogP contribution is -2.28. The van der Waals surface area contributed by atoms with Crippen molar-refractivity contribution >= 4 is 0 Å². The van der Waals surface area contributed by atoms with E-state index < -0.39 is 5.41 Å². The van der Waals surface area contributed by atoms with Crippen LogP contribution in [-0.2, 0) is 5.41 Å². The predicted molar refractivity (Wildman–Crippen MR) is 208 cm³/mol. The zero-order valence-corrected chi connectivity index (χ0v) is 28.6. The maximum absolute atomic E-state index is 5.30. The number of nitrogens with zero attached hydrogens (tertiary/aromatic N) is 3. The Bertz CT molecular complexity index is 2460. The minimum Gasteiger partial charge on any atom is -0.264 e. The highest BCUT2D eigenvalue weighted by Gasteiger charge is 2.47. The lowest BCUT2D eigenvalue weighted by molar-refractivity contribution is 0.769. The maximum atomic E-state index is 5.30. The number of benzene rings is 6. The zero-order valence-electron chi connectivity index (χ0n) is 28.6. The van der Waals surface area contributed by atoms with Crippen LogP contribution in [0.4, 0.5) is 0 Å². The molecule has 0 bridgehead atoms. The first kappa shape index (κ1) is 30.6. The van der Waals surface area contributed by atoms with E-state index in [9.17, 15) is 0 Å². The Morgan fingerprint density at radius 2 is 0.922 bits per heavy atom. The van der Waals surface area contributed by atoms with Gasteiger partial charge >= 0.3 is 0 Å². The fraction of sp³-hybridized carbons (Fsp3) is 0.0625. The fourth-order valence-electron chi connectivity index (χ4n) is 8.14. The van der Waals surface area contributed by atoms with Gasteiger partial charge in [-0.1, -0.05) is 152 Å². The fourth-order valence-corrected chi connectivity index (χ4v) is 8.14. The van der Waals surface area contributed by atoms with E-state index in [2.05, 4.69) is 170 Å². The first-order valence-corrected chi connectivity index (χ1v) is 17.4. The van der Waals surface area contributed by atoms with Crippen molar-refractivity contribution in [1.82, 2.24) is 15.0 Å². The highest BCUT2D eigenvalue weighted by atomic mass is 14.9. The average molecular weight is 654 g/mol. The van der Waals surface area contributed by atoms with Gasteiger partial charge in [0.1, 0.15) is 0 Å². The molecule has 0 fully saturated rings. The van der Waals surface area contributed by atoms with E-state index in [0.29, 0.717) is 5.82 Å². The number of aryl methyl sites for hydroxylation is 2. The van der Waals surface area contributed by atoms with Gasteiger partial charge in [0, 0.05) is 29.1 Å². The molecule has 8 aromatic rings. The van der Waals surface area contributed by atoms with Crippen LogP contribution >= 0.6 is 0 Å². The Morgan fingerprint density at radius 3 is 1.59 bits per heavy atom. The van der Waals surface area contributed by atoms with Gasteiger partial charge in [0.2, 0.25) is 0 Å². The molecule has 1 unspecified atom stereocenters. The lowest BCUT2D eigenvalue weighted by Gasteiger charge is -2.34. The van der Waals surface area contributed by atoms with Crippen molar-refractivity contribution in [2.45, 2.75) is 19.3 Å². The van der Waals surface area contributed by atoms with Crippen molar-refractivity contribution in [1.29, 1.82) is 0 Å². The third-order valence-electron chi connectivity index (χ3n) is 10.3. The van der Waals surface area contributed by atoms with Crippen LogP contribution in [0.3, 0.4) is 0 Å². The predicted octanol–water partition coefficient (Wildman–Crippen LogP) is 11.5. The van der Waals surface area contributed by atoms with Crippen LogP contribution in [-0.4, -0.2) is 15.0 Å². The molecule has 1 aliphatic carbocycles. The smallest absolute Gasteiger partial charge is 0.161 e. The van der Waals surface area contributed by atoms with Gasteiger partial charge in [0.05, 0.1) is 16.8 Å². The molecular weight excluding hydrogens is 619 g/mol. The standard InChI is InChI=1S/C48H35N3/c1-32-30-49-31-33(2)45(32)36-20-14-23-38(28-36)48(37-21-10-5-11-22-37)41-26-13-12-24-39(41)46-40(25-15-27-42(46)48)47-50-43(34-16-6-3-7-17-34)29-44(51-47)35-18-8-4-9-19-35/h3-31H,1-2H3. The number of aromatic nitrogens is 3. The summed E-state index contributed by atoms with van der Waals surface area (Å²) in [6.45, 7) is 4.30. The lowest BCUT2D eigenvalue weighted by atomic mass is 9.67. The summed E-state index contributed by atoms with van der Waals surface area (Å²) in [5, 5.41) is 0. The summed E-state index contributed by atoms with van der Waals surface area (Å²) in [7, 11) is 0. The zero-order chi connectivity index (χ0) is 34.4. The largest absolute Gasteiger partial charge is 0.264 e. The van der Waals surface area contributed by atoms with Gasteiger partial charge in [0.25, 0.3) is 0 Å². The van der Waals surface area contributed by atoms with E-state index in [0.717, 1.165) is 28.1 Å². The van der Waals surface area contributed by atoms with E-state index in [-0.39, 0.29) is 0 Å². The van der Waals surface area contributed by atoms with Crippen molar-refractivity contribution in [3.8, 4) is 56.2 Å². The van der Waals surface area contributed by atoms with Gasteiger partial charge in [-0.2, -0.15) is 0 Å². The van der Waals surface area contributed by atoms with Crippen molar-refractivity contribution in [2.75, 3.05) is 0 Å². The third-order valence-corrected chi connectivity index (χ3v) is 10.3. The molecule has 0 aliphatic heterocycles. The van der Waals surface area contributed by atoms with Gasteiger partial charge in [-0.05, 0) is 81.6 Å². The molecule has 51 heavy (non-hydrogen) atoms. The third kappa shape index (κ3) is 5.01. The second-order valence-electron chi connectivity index (χ2n) is 13.3. The molecular formula is C48H35N3. The van der Waals surface area contributed by atoms with E-state index in [4.69, 9.17) is 9.97 Å². The minimum absolute atomic E-state index is 0.576. The summed E-state index contributed by atoms with van der Waals surface area (Å²) in [5.41, 5.74) is 16.4. The highest BCUT2D eigenvalue weighted by molar-refractivity contribution is 5.95. The molecule has 0 amide bonds. The van der Waals surface area contributed by atoms with E-state index >= 15 is 0 Å². The van der Waals surface area contributed by atoms with Crippen LogP contribution in [0.1, 0.15) is 33.4 Å². The van der Waals surface area contributed by atoms with Gasteiger partial charge < -0.3 is 0 Å². The summed E-state index contributed by atoms with van der Waals surface area (Å²) in [5.74, 6) is 0.711. The summed E-state index contributed by atoms with van der Waals surface area (Å²) in [6.07, 6.45) is 3.92. The van der Waals surface area contributed by atoms with E-state index in [1.165, 1.54) is 55.6 Å². The number of pyridine rings is 1. The average Bonchev–Trinajstić information content (AvgIpc) is 3.50. The van der Waals surface area contributed by atoms with Crippen LogP contribution in [0.5, 0.6) is 0 Å². The van der Waals surface area contributed by atoms with Gasteiger partial charge in [-0.3, -0.25) is 4.98 Å². The van der Waals surface area contributed by atoms with Crippen LogP contribution in [0.15, 0.2) is 176 Å². The molecule has 1 atom stereocenters. The molecule has 0 N–H and O–H groups in total. The number of hydrogen-bond donors (Lipinski definition) is 0. The summed E-state index contributed by atoms with van der Waals surface area (Å²) < 4.78 is 0. The Labute approximate surface area is 299 Å². The van der Waals surface area contributed by atoms with E-state index in [1.807, 2.05) is 24.5 Å². The molecule has 3 heteroatoms. The normalized spacial score (nSPS) is 14.5. The Balaban J connectivity index is 1.35. The second-order valence-corrected chi connectivity index (χ2v) is 13.3. The quantitative estimate of drug-likeness (QED) is 0.179. The van der Waals surface area contributed by atoms with Gasteiger partial charge in [-0.25, -0.2) is 9.97 Å². The first-order valence-electron chi connectivity index (χ1n) is 17.4. The maximum Gasteiger partial charge on any atom is 0.161 e. The van der Waals surface area contributed by atoms with Crippen molar-refractivity contribution in [3.63, 3.8) is 0 Å². The molecule has 0 radical (unpaired) electrons. The Kier molecular flexibility index (Phi) is 7.48. The number of hydrogen-bond acceptors (Lipinski definition) is 3. The Morgan fingerprint density at radius 1 is 0.412 bits per heavy atom. The molecule has 2 heterocycles. The minimum atomic E-state index is -0.576. The number of rotatable bonds is 6. The molecule has 2 aromatic heterocycles. The Hall–Kier alpha value is -6.45. The summed E-state index contributed by atoms with van der Waals surface area (Å²) in [6, 6.07) is 58.5. The molecule has 6 aromatic carbocycles. The van der Waals surface area contributed by atoms with Gasteiger partial charge in [0.15, 0.2) is 5.82 Å². The van der Waals surface area contributed by atoms with Crippen molar-refractivity contribution < 1.29 is 0 Å². The second kappa shape index (κ2) is 12.5. The first-order chi connectivity index (χ1) is 25.1. The summed E-state index contributed by atoms with van der Waals surface area (Å²) >= 11 is 0. The summed E-state index contributed by atoms with van der Waals surface area (Å²) in [4.78, 5) is 15.1.